The number of rotatable bonds is 3. The first-order valence-electron chi connectivity index (χ1n) is 9.62. The lowest BCUT2D eigenvalue weighted by molar-refractivity contribution is -0.385. The molecule has 1 unspecified atom stereocenters. The van der Waals surface area contributed by atoms with Crippen LogP contribution in [0.1, 0.15) is 36.6 Å². The molecular weight excluding hydrogens is 398 g/mol. The minimum Gasteiger partial charge on any atom is -0.403 e. The van der Waals surface area contributed by atoms with Crippen LogP contribution < -0.4 is 20.9 Å². The van der Waals surface area contributed by atoms with Crippen molar-refractivity contribution in [3.05, 3.63) is 53.5 Å². The Bertz CT molecular complexity index is 1200. The molecule has 0 saturated carbocycles. The van der Waals surface area contributed by atoms with E-state index in [1.807, 2.05) is 19.9 Å². The van der Waals surface area contributed by atoms with Gasteiger partial charge >= 0.3 is 6.16 Å². The van der Waals surface area contributed by atoms with E-state index in [0.717, 1.165) is 11.1 Å². The second-order valence-corrected chi connectivity index (χ2v) is 7.02. The summed E-state index contributed by atoms with van der Waals surface area (Å²) in [6.45, 7) is 3.84. The highest BCUT2D eigenvalue weighted by Crippen LogP contribution is 2.46. The van der Waals surface area contributed by atoms with Gasteiger partial charge in [0.05, 0.1) is 11.3 Å². The van der Waals surface area contributed by atoms with Crippen molar-refractivity contribution < 1.29 is 19.7 Å². The Morgan fingerprint density at radius 2 is 1.87 bits per heavy atom. The van der Waals surface area contributed by atoms with Crippen molar-refractivity contribution in [1.82, 2.24) is 15.0 Å². The number of hydrogen-bond acceptors (Lipinski definition) is 9. The molecule has 0 bridgehead atoms. The Kier molecular flexibility index (Phi) is 5.10. The molecule has 9 nitrogen and oxygen atoms in total. The molecule has 31 heavy (non-hydrogen) atoms. The molecule has 3 heterocycles. The Labute approximate surface area is 178 Å². The number of aliphatic hydroxyl groups is 2. The van der Waals surface area contributed by atoms with E-state index in [9.17, 15) is 10.2 Å². The summed E-state index contributed by atoms with van der Waals surface area (Å²) in [5.74, 6) is 6.74. The smallest absolute Gasteiger partial charge is 0.403 e. The minimum absolute atomic E-state index is 0.113. The SMILES string of the molecule is CCc1nc(N)nc(N)c1C#CC(C)c1cc2c(c(-c3ccncc3)c1)OC(O)(O)O2. The van der Waals surface area contributed by atoms with Gasteiger partial charge in [-0.15, -0.1) is 0 Å². The molecule has 0 spiro atoms. The molecule has 2 aromatic heterocycles. The van der Waals surface area contributed by atoms with Crippen LogP contribution in [-0.2, 0) is 6.42 Å². The van der Waals surface area contributed by atoms with Crippen molar-refractivity contribution in [2.75, 3.05) is 11.5 Å². The van der Waals surface area contributed by atoms with Crippen molar-refractivity contribution in [1.29, 1.82) is 0 Å². The molecule has 0 amide bonds. The molecule has 0 fully saturated rings. The first kappa shape index (κ1) is 20.4. The lowest BCUT2D eigenvalue weighted by atomic mass is 9.95. The standard InChI is InChI=1S/C22H21N5O4/c1-3-17-15(20(23)27-21(24)26-17)5-4-12(2)14-10-16(13-6-8-25-9-7-13)19-18(11-14)30-22(28,29)31-19/h6-12,28-29H,3H2,1-2H3,(H4,23,24,26,27). The molecule has 1 aromatic carbocycles. The third-order valence-electron chi connectivity index (χ3n) is 4.82. The molecule has 9 heteroatoms. The summed E-state index contributed by atoms with van der Waals surface area (Å²) in [6, 6.07) is 7.10. The summed E-state index contributed by atoms with van der Waals surface area (Å²) < 4.78 is 10.3. The normalized spacial score (nSPS) is 14.6. The molecule has 4 rings (SSSR count). The first-order valence-corrected chi connectivity index (χ1v) is 9.62. The second kappa shape index (κ2) is 7.75. The van der Waals surface area contributed by atoms with Crippen molar-refractivity contribution >= 4 is 11.8 Å². The van der Waals surface area contributed by atoms with Gasteiger partial charge in [0.1, 0.15) is 5.82 Å². The van der Waals surface area contributed by atoms with E-state index >= 15 is 0 Å². The maximum Gasteiger partial charge on any atom is 0.505 e. The fourth-order valence-corrected chi connectivity index (χ4v) is 3.30. The molecule has 0 aliphatic carbocycles. The molecule has 1 atom stereocenters. The van der Waals surface area contributed by atoms with Crippen LogP contribution in [0.4, 0.5) is 11.8 Å². The summed E-state index contributed by atoms with van der Waals surface area (Å²) in [7, 11) is 0. The van der Waals surface area contributed by atoms with E-state index in [1.54, 1.807) is 30.6 Å². The number of nitrogen functional groups attached to an aromatic ring is 2. The highest BCUT2D eigenvalue weighted by molar-refractivity contribution is 5.75. The number of nitrogens with two attached hydrogens (primary N) is 2. The summed E-state index contributed by atoms with van der Waals surface area (Å²) >= 11 is 0. The molecular formula is C22H21N5O4. The number of anilines is 2. The van der Waals surface area contributed by atoms with Gasteiger partial charge in [-0.1, -0.05) is 18.8 Å². The van der Waals surface area contributed by atoms with E-state index in [-0.39, 0.29) is 29.2 Å². The summed E-state index contributed by atoms with van der Waals surface area (Å²) in [5.41, 5.74) is 15.1. The average molecular weight is 419 g/mol. The van der Waals surface area contributed by atoms with Crippen LogP contribution in [-0.4, -0.2) is 31.3 Å². The molecule has 0 radical (unpaired) electrons. The topological polar surface area (TPSA) is 150 Å². The van der Waals surface area contributed by atoms with Crippen LogP contribution in [0.2, 0.25) is 0 Å². The van der Waals surface area contributed by atoms with Crippen LogP contribution >= 0.6 is 0 Å². The van der Waals surface area contributed by atoms with Crippen molar-refractivity contribution in [3.63, 3.8) is 0 Å². The van der Waals surface area contributed by atoms with E-state index in [4.69, 9.17) is 20.9 Å². The van der Waals surface area contributed by atoms with Gasteiger partial charge in [-0.25, -0.2) is 4.98 Å². The van der Waals surface area contributed by atoms with E-state index < -0.39 is 6.16 Å². The molecule has 0 saturated heterocycles. The number of benzene rings is 1. The highest BCUT2D eigenvalue weighted by atomic mass is 17.0. The summed E-state index contributed by atoms with van der Waals surface area (Å²) in [6.07, 6.45) is 1.15. The third-order valence-corrected chi connectivity index (χ3v) is 4.82. The van der Waals surface area contributed by atoms with E-state index in [0.29, 0.717) is 23.2 Å². The third kappa shape index (κ3) is 4.07. The van der Waals surface area contributed by atoms with Crippen LogP contribution in [0.25, 0.3) is 11.1 Å². The van der Waals surface area contributed by atoms with E-state index in [1.165, 1.54) is 0 Å². The van der Waals surface area contributed by atoms with Gasteiger partial charge in [0.15, 0.2) is 11.5 Å². The number of aryl methyl sites for hydroxylation is 1. The fourth-order valence-electron chi connectivity index (χ4n) is 3.30. The van der Waals surface area contributed by atoms with Gasteiger partial charge in [-0.05, 0) is 48.7 Å². The van der Waals surface area contributed by atoms with Gasteiger partial charge in [-0.2, -0.15) is 4.98 Å². The summed E-state index contributed by atoms with van der Waals surface area (Å²) in [5, 5.41) is 19.6. The second-order valence-electron chi connectivity index (χ2n) is 7.02. The van der Waals surface area contributed by atoms with Crippen LogP contribution in [0.5, 0.6) is 11.5 Å². The number of ether oxygens (including phenoxy) is 2. The highest BCUT2D eigenvalue weighted by Gasteiger charge is 2.40. The maximum atomic E-state index is 9.81. The fraction of sp³-hybridized carbons (Fsp3) is 0.227. The van der Waals surface area contributed by atoms with Crippen molar-refractivity contribution in [2.45, 2.75) is 32.3 Å². The van der Waals surface area contributed by atoms with Crippen molar-refractivity contribution in [3.8, 4) is 34.5 Å². The number of fused-ring (bicyclic) bond motifs is 1. The largest absolute Gasteiger partial charge is 0.505 e. The van der Waals surface area contributed by atoms with Crippen molar-refractivity contribution in [2.24, 2.45) is 0 Å². The number of aromatic nitrogens is 3. The minimum atomic E-state index is -2.73. The molecule has 158 valence electrons. The zero-order chi connectivity index (χ0) is 22.2. The Hall–Kier alpha value is -3.87. The predicted molar refractivity (Wildman–Crippen MR) is 114 cm³/mol. The monoisotopic (exact) mass is 419 g/mol. The number of nitrogens with zero attached hydrogens (tertiary/aromatic N) is 3. The van der Waals surface area contributed by atoms with Gasteiger partial charge in [0, 0.05) is 23.9 Å². The maximum absolute atomic E-state index is 9.81. The molecule has 1 aliphatic heterocycles. The first-order chi connectivity index (χ1) is 14.8. The van der Waals surface area contributed by atoms with E-state index in [2.05, 4.69) is 26.8 Å². The van der Waals surface area contributed by atoms with Gasteiger partial charge < -0.3 is 20.9 Å². The zero-order valence-electron chi connectivity index (χ0n) is 17.0. The Morgan fingerprint density at radius 3 is 2.58 bits per heavy atom. The molecule has 1 aliphatic rings. The lowest BCUT2D eigenvalue weighted by Gasteiger charge is -2.12. The quantitative estimate of drug-likeness (QED) is 0.368. The van der Waals surface area contributed by atoms with Crippen LogP contribution in [0, 0.1) is 11.8 Å². The Morgan fingerprint density at radius 1 is 1.13 bits per heavy atom. The zero-order valence-corrected chi connectivity index (χ0v) is 17.0. The average Bonchev–Trinajstić information content (AvgIpc) is 3.05. The number of pyridine rings is 1. The molecule has 6 N–H and O–H groups in total. The van der Waals surface area contributed by atoms with Gasteiger partial charge in [-0.3, -0.25) is 15.2 Å². The van der Waals surface area contributed by atoms with Crippen LogP contribution in [0.3, 0.4) is 0 Å². The lowest BCUT2D eigenvalue weighted by Crippen LogP contribution is -2.37. The summed E-state index contributed by atoms with van der Waals surface area (Å²) in [4.78, 5) is 12.2. The molecule has 3 aromatic rings. The Balaban J connectivity index is 1.76. The van der Waals surface area contributed by atoms with Gasteiger partial charge in [0.2, 0.25) is 5.95 Å². The predicted octanol–water partition coefficient (Wildman–Crippen LogP) is 1.79. The van der Waals surface area contributed by atoms with Gasteiger partial charge in [0.25, 0.3) is 0 Å². The van der Waals surface area contributed by atoms with Crippen LogP contribution in [0.15, 0.2) is 36.7 Å². The number of hydrogen-bond donors (Lipinski definition) is 4.